The van der Waals surface area contributed by atoms with E-state index in [1.165, 1.54) is 0 Å². The number of anilines is 1. The number of hydrogen-bond acceptors (Lipinski definition) is 5. The number of halogens is 1. The number of benzodiazepines with no additional fused rings is 1. The lowest BCUT2D eigenvalue weighted by molar-refractivity contribution is -0.120. The Hall–Kier alpha value is -3.06. The first-order chi connectivity index (χ1) is 14.6. The van der Waals surface area contributed by atoms with Crippen LogP contribution >= 0.6 is 11.6 Å². The highest BCUT2D eigenvalue weighted by atomic mass is 35.5. The summed E-state index contributed by atoms with van der Waals surface area (Å²) in [7, 11) is 0. The summed E-state index contributed by atoms with van der Waals surface area (Å²) in [6.07, 6.45) is 1.33. The van der Waals surface area contributed by atoms with Crippen LogP contribution in [0.1, 0.15) is 37.2 Å². The molecule has 1 unspecified atom stereocenters. The van der Waals surface area contributed by atoms with Gasteiger partial charge in [-0.2, -0.15) is 5.21 Å². The number of aromatic nitrogens is 4. The van der Waals surface area contributed by atoms with Gasteiger partial charge < -0.3 is 4.90 Å². The summed E-state index contributed by atoms with van der Waals surface area (Å²) in [5.41, 5.74) is 3.39. The zero-order valence-electron chi connectivity index (χ0n) is 16.9. The summed E-state index contributed by atoms with van der Waals surface area (Å²) < 4.78 is 0. The van der Waals surface area contributed by atoms with Gasteiger partial charge in [0, 0.05) is 29.1 Å². The van der Waals surface area contributed by atoms with Crippen LogP contribution in [-0.4, -0.2) is 44.8 Å². The van der Waals surface area contributed by atoms with E-state index < -0.39 is 6.04 Å². The number of carbonyl (C=O) groups is 1. The summed E-state index contributed by atoms with van der Waals surface area (Å²) in [6.45, 7) is 4.57. The monoisotopic (exact) mass is 422 g/mol. The predicted octanol–water partition coefficient (Wildman–Crippen LogP) is 3.69. The van der Waals surface area contributed by atoms with Gasteiger partial charge in [-0.05, 0) is 24.1 Å². The quantitative estimate of drug-likeness (QED) is 0.656. The van der Waals surface area contributed by atoms with Crippen LogP contribution < -0.4 is 4.90 Å². The van der Waals surface area contributed by atoms with Crippen LogP contribution in [0.25, 0.3) is 0 Å². The van der Waals surface area contributed by atoms with Gasteiger partial charge in [-0.1, -0.05) is 67.4 Å². The maximum absolute atomic E-state index is 13.7. The van der Waals surface area contributed by atoms with Crippen molar-refractivity contribution in [2.75, 3.05) is 11.4 Å². The number of H-pyrrole nitrogens is 1. The van der Waals surface area contributed by atoms with Crippen LogP contribution in [-0.2, 0) is 11.2 Å². The molecule has 0 saturated heterocycles. The third kappa shape index (κ3) is 3.98. The molecule has 2 atom stereocenters. The summed E-state index contributed by atoms with van der Waals surface area (Å²) in [5, 5.41) is 14.7. The molecule has 0 bridgehead atoms. The molecule has 1 aliphatic heterocycles. The minimum absolute atomic E-state index is 0.0256. The highest BCUT2D eigenvalue weighted by molar-refractivity contribution is 6.32. The van der Waals surface area contributed by atoms with E-state index in [-0.39, 0.29) is 11.8 Å². The van der Waals surface area contributed by atoms with E-state index in [0.29, 0.717) is 23.8 Å². The molecule has 0 saturated carbocycles. The van der Waals surface area contributed by atoms with Crippen LogP contribution in [0.5, 0.6) is 0 Å². The number of aliphatic imine (C=N–C) groups is 1. The molecule has 0 spiro atoms. The number of amides is 1. The molecule has 3 aromatic rings. The van der Waals surface area contributed by atoms with Crippen LogP contribution in [0, 0.1) is 5.92 Å². The molecule has 1 aromatic heterocycles. The molecule has 7 nitrogen and oxygen atoms in total. The lowest BCUT2D eigenvalue weighted by atomic mass is 9.98. The molecule has 1 aliphatic rings. The van der Waals surface area contributed by atoms with Crippen LogP contribution in [0.3, 0.4) is 0 Å². The van der Waals surface area contributed by atoms with Crippen LogP contribution in [0.4, 0.5) is 5.69 Å². The van der Waals surface area contributed by atoms with Crippen molar-refractivity contribution in [1.29, 1.82) is 0 Å². The smallest absolute Gasteiger partial charge is 0.252 e. The second-order valence-corrected chi connectivity index (χ2v) is 7.84. The second kappa shape index (κ2) is 8.75. The summed E-state index contributed by atoms with van der Waals surface area (Å²) >= 11 is 6.36. The maximum atomic E-state index is 13.7. The van der Waals surface area contributed by atoms with Gasteiger partial charge >= 0.3 is 0 Å². The number of rotatable bonds is 6. The van der Waals surface area contributed by atoms with E-state index in [0.717, 1.165) is 28.9 Å². The molecule has 2 aromatic carbocycles. The minimum Gasteiger partial charge on any atom is -0.309 e. The third-order valence-electron chi connectivity index (χ3n) is 5.47. The SMILES string of the molecule is CC[C@H](C)C1N=C(c2ccccc2)c2cc(Cl)ccc2N(CCc2nn[nH]n2)C1=O. The highest BCUT2D eigenvalue weighted by Gasteiger charge is 2.34. The Morgan fingerprint density at radius 2 is 2.00 bits per heavy atom. The second-order valence-electron chi connectivity index (χ2n) is 7.40. The Balaban J connectivity index is 1.85. The van der Waals surface area contributed by atoms with Crippen molar-refractivity contribution in [3.05, 3.63) is 70.5 Å². The summed E-state index contributed by atoms with van der Waals surface area (Å²) in [6, 6.07) is 15.0. The number of nitrogens with one attached hydrogen (secondary N) is 1. The Labute approximate surface area is 180 Å². The molecule has 4 rings (SSSR count). The van der Waals surface area contributed by atoms with Crippen molar-refractivity contribution >= 4 is 28.9 Å². The highest BCUT2D eigenvalue weighted by Crippen LogP contribution is 2.33. The van der Waals surface area contributed by atoms with Gasteiger partial charge in [0.2, 0.25) is 0 Å². The van der Waals surface area contributed by atoms with Crippen LogP contribution in [0.2, 0.25) is 5.02 Å². The minimum atomic E-state index is -0.485. The van der Waals surface area contributed by atoms with Crippen molar-refractivity contribution in [3.63, 3.8) is 0 Å². The number of nitrogens with zero attached hydrogens (tertiary/aromatic N) is 5. The zero-order chi connectivity index (χ0) is 21.1. The van der Waals surface area contributed by atoms with Crippen molar-refractivity contribution in [3.8, 4) is 0 Å². The fourth-order valence-electron chi connectivity index (χ4n) is 3.63. The molecule has 0 aliphatic carbocycles. The molecule has 0 radical (unpaired) electrons. The van der Waals surface area contributed by atoms with Gasteiger partial charge in [-0.25, -0.2) is 0 Å². The lowest BCUT2D eigenvalue weighted by Gasteiger charge is -2.27. The van der Waals surface area contributed by atoms with Crippen molar-refractivity contribution in [2.24, 2.45) is 10.9 Å². The van der Waals surface area contributed by atoms with Gasteiger partial charge in [-0.3, -0.25) is 9.79 Å². The first kappa shape index (κ1) is 20.2. The fourth-order valence-corrected chi connectivity index (χ4v) is 3.80. The third-order valence-corrected chi connectivity index (χ3v) is 5.71. The van der Waals surface area contributed by atoms with E-state index in [9.17, 15) is 4.79 Å². The van der Waals surface area contributed by atoms with E-state index >= 15 is 0 Å². The van der Waals surface area contributed by atoms with E-state index in [4.69, 9.17) is 16.6 Å². The molecule has 154 valence electrons. The Bertz CT molecular complexity index is 1050. The lowest BCUT2D eigenvalue weighted by Crippen LogP contribution is -2.42. The van der Waals surface area contributed by atoms with Crippen molar-refractivity contribution in [1.82, 2.24) is 20.6 Å². The molecule has 2 heterocycles. The summed E-state index contributed by atoms with van der Waals surface area (Å²) in [5.74, 6) is 0.628. The van der Waals surface area contributed by atoms with Gasteiger partial charge in [-0.15, -0.1) is 10.2 Å². The number of tetrazole rings is 1. The Morgan fingerprint density at radius 3 is 2.70 bits per heavy atom. The first-order valence-electron chi connectivity index (χ1n) is 10.0. The predicted molar refractivity (Wildman–Crippen MR) is 117 cm³/mol. The molecule has 1 N–H and O–H groups in total. The van der Waals surface area contributed by atoms with Gasteiger partial charge in [0.1, 0.15) is 6.04 Å². The van der Waals surface area contributed by atoms with E-state index in [1.807, 2.05) is 42.5 Å². The number of aromatic amines is 1. The molecule has 1 amide bonds. The van der Waals surface area contributed by atoms with E-state index in [2.05, 4.69) is 34.5 Å². The van der Waals surface area contributed by atoms with Crippen LogP contribution in [0.15, 0.2) is 53.5 Å². The average Bonchev–Trinajstić information content (AvgIpc) is 3.25. The van der Waals surface area contributed by atoms with Gasteiger partial charge in [0.15, 0.2) is 5.82 Å². The normalized spacial score (nSPS) is 17.3. The van der Waals surface area contributed by atoms with Crippen molar-refractivity contribution < 1.29 is 4.79 Å². The fraction of sp³-hybridized carbons (Fsp3) is 0.318. The topological polar surface area (TPSA) is 87.1 Å². The Kier molecular flexibility index (Phi) is 5.90. The number of carbonyl (C=O) groups excluding carboxylic acids is 1. The average molecular weight is 423 g/mol. The summed E-state index contributed by atoms with van der Waals surface area (Å²) in [4.78, 5) is 20.4. The first-order valence-corrected chi connectivity index (χ1v) is 10.4. The molecule has 0 fully saturated rings. The number of benzene rings is 2. The molecule has 8 heteroatoms. The van der Waals surface area contributed by atoms with E-state index in [1.54, 1.807) is 11.0 Å². The molecular formula is C22H23ClN6O. The maximum Gasteiger partial charge on any atom is 0.252 e. The number of fused-ring (bicyclic) bond motifs is 1. The largest absolute Gasteiger partial charge is 0.309 e. The van der Waals surface area contributed by atoms with Gasteiger partial charge in [0.25, 0.3) is 5.91 Å². The molecule has 30 heavy (non-hydrogen) atoms. The Morgan fingerprint density at radius 1 is 1.20 bits per heavy atom. The standard InChI is InChI=1S/C22H23ClN6O/c1-3-14(2)20-22(30)29(12-11-19-25-27-28-26-19)18-10-9-16(23)13-17(18)21(24-20)15-7-5-4-6-8-15/h4-10,13-14,20H,3,11-12H2,1-2H3,(H,25,26,27,28)/t14-,20?/m0/s1. The number of hydrogen-bond donors (Lipinski definition) is 1. The van der Waals surface area contributed by atoms with Crippen molar-refractivity contribution in [2.45, 2.75) is 32.7 Å². The zero-order valence-corrected chi connectivity index (χ0v) is 17.7. The van der Waals surface area contributed by atoms with Gasteiger partial charge in [0.05, 0.1) is 11.4 Å². The molecular weight excluding hydrogens is 400 g/mol.